The van der Waals surface area contributed by atoms with Crippen LogP contribution in [-0.4, -0.2) is 35.3 Å². The van der Waals surface area contributed by atoms with Gasteiger partial charge in [-0.05, 0) is 62.8 Å². The Labute approximate surface area is 156 Å². The lowest BCUT2D eigenvalue weighted by atomic mass is 10.0. The first-order valence-electron chi connectivity index (χ1n) is 8.86. The quantitative estimate of drug-likeness (QED) is 0.837. The molecule has 1 aliphatic rings. The second-order valence-corrected chi connectivity index (χ2v) is 7.15. The summed E-state index contributed by atoms with van der Waals surface area (Å²) in [6.07, 6.45) is 3.97. The highest BCUT2D eigenvalue weighted by Crippen LogP contribution is 2.20. The van der Waals surface area contributed by atoms with Crippen molar-refractivity contribution in [1.82, 2.24) is 4.90 Å². The first kappa shape index (κ1) is 21.5. The molecule has 0 spiro atoms. The lowest BCUT2D eigenvalue weighted by Gasteiger charge is -2.33. The van der Waals surface area contributed by atoms with Crippen molar-refractivity contribution in [2.24, 2.45) is 11.7 Å². The van der Waals surface area contributed by atoms with Crippen molar-refractivity contribution in [1.29, 1.82) is 0 Å². The van der Waals surface area contributed by atoms with Gasteiger partial charge < -0.3 is 16.0 Å². The van der Waals surface area contributed by atoms with Crippen molar-refractivity contribution in [3.63, 3.8) is 0 Å². The van der Waals surface area contributed by atoms with E-state index in [9.17, 15) is 9.59 Å². The normalized spacial score (nSPS) is 18.4. The number of piperidine rings is 1. The molecule has 1 heterocycles. The van der Waals surface area contributed by atoms with Crippen molar-refractivity contribution in [2.75, 3.05) is 11.9 Å². The van der Waals surface area contributed by atoms with E-state index in [1.54, 1.807) is 24.3 Å². The average Bonchev–Trinajstić information content (AvgIpc) is 2.54. The van der Waals surface area contributed by atoms with E-state index in [0.29, 0.717) is 29.6 Å². The molecule has 1 aromatic rings. The Morgan fingerprint density at radius 3 is 2.44 bits per heavy atom. The molecule has 0 aromatic heterocycles. The Kier molecular flexibility index (Phi) is 8.39. The van der Waals surface area contributed by atoms with Gasteiger partial charge in [-0.3, -0.25) is 9.59 Å². The molecule has 1 fully saturated rings. The Balaban J connectivity index is 0.00000312. The van der Waals surface area contributed by atoms with Crippen LogP contribution in [0.2, 0.25) is 0 Å². The van der Waals surface area contributed by atoms with E-state index in [0.717, 1.165) is 19.4 Å². The molecule has 1 saturated heterocycles. The maximum Gasteiger partial charge on any atom is 0.254 e. The molecule has 1 aliphatic heterocycles. The van der Waals surface area contributed by atoms with E-state index in [1.165, 1.54) is 6.42 Å². The van der Waals surface area contributed by atoms with E-state index in [2.05, 4.69) is 12.2 Å². The Morgan fingerprint density at radius 2 is 1.88 bits per heavy atom. The maximum absolute atomic E-state index is 12.6. The van der Waals surface area contributed by atoms with Gasteiger partial charge in [0, 0.05) is 23.8 Å². The topological polar surface area (TPSA) is 75.4 Å². The number of nitrogens with one attached hydrogen (secondary N) is 1. The van der Waals surface area contributed by atoms with Gasteiger partial charge in [0.15, 0.2) is 0 Å². The van der Waals surface area contributed by atoms with Gasteiger partial charge in [0.05, 0.1) is 6.04 Å². The molecule has 2 atom stereocenters. The van der Waals surface area contributed by atoms with Crippen molar-refractivity contribution in [3.8, 4) is 0 Å². The molecular formula is C19H30ClN3O2. The fourth-order valence-electron chi connectivity index (χ4n) is 3.11. The van der Waals surface area contributed by atoms with Crippen LogP contribution in [0.5, 0.6) is 0 Å². The molecular weight excluding hydrogens is 338 g/mol. The number of anilines is 1. The third kappa shape index (κ3) is 6.01. The van der Waals surface area contributed by atoms with Crippen molar-refractivity contribution in [2.45, 2.75) is 58.5 Å². The molecule has 0 bridgehead atoms. The minimum absolute atomic E-state index is 0. The summed E-state index contributed by atoms with van der Waals surface area (Å²) in [6.45, 7) is 6.99. The Hall–Kier alpha value is -1.59. The lowest BCUT2D eigenvalue weighted by molar-refractivity contribution is -0.117. The molecule has 140 valence electrons. The summed E-state index contributed by atoms with van der Waals surface area (Å²) in [6, 6.07) is 6.85. The standard InChI is InChI=1S/C19H29N3O2.ClH/c1-13(2)12-17(20)18(23)21-16-9-7-15(8-10-16)19(24)22-11-5-4-6-14(22)3;/h7-10,13-14,17H,4-6,11-12,20H2,1-3H3,(H,21,23);1H/t14?,17-;/m0./s1. The molecule has 2 rings (SSSR count). The van der Waals surface area contributed by atoms with Gasteiger partial charge in [-0.2, -0.15) is 0 Å². The van der Waals surface area contributed by atoms with Crippen LogP contribution in [0.3, 0.4) is 0 Å². The predicted molar refractivity (Wildman–Crippen MR) is 104 cm³/mol. The highest BCUT2D eigenvalue weighted by atomic mass is 35.5. The van der Waals surface area contributed by atoms with Crippen LogP contribution in [0.4, 0.5) is 5.69 Å². The summed E-state index contributed by atoms with van der Waals surface area (Å²) in [5.41, 5.74) is 7.21. The number of hydrogen-bond donors (Lipinski definition) is 2. The molecule has 3 N–H and O–H groups in total. The van der Waals surface area contributed by atoms with Crippen LogP contribution >= 0.6 is 12.4 Å². The zero-order valence-electron chi connectivity index (χ0n) is 15.3. The van der Waals surface area contributed by atoms with Gasteiger partial charge in [-0.15, -0.1) is 12.4 Å². The third-order valence-corrected chi connectivity index (χ3v) is 4.53. The van der Waals surface area contributed by atoms with Crippen molar-refractivity contribution >= 4 is 29.9 Å². The first-order chi connectivity index (χ1) is 11.4. The Morgan fingerprint density at radius 1 is 1.24 bits per heavy atom. The van der Waals surface area contributed by atoms with Crippen LogP contribution < -0.4 is 11.1 Å². The fraction of sp³-hybridized carbons (Fsp3) is 0.579. The molecule has 25 heavy (non-hydrogen) atoms. The van der Waals surface area contributed by atoms with Crippen LogP contribution in [0.15, 0.2) is 24.3 Å². The zero-order valence-corrected chi connectivity index (χ0v) is 16.1. The minimum atomic E-state index is -0.513. The van der Waals surface area contributed by atoms with Gasteiger partial charge in [-0.25, -0.2) is 0 Å². The monoisotopic (exact) mass is 367 g/mol. The summed E-state index contributed by atoms with van der Waals surface area (Å²) >= 11 is 0. The first-order valence-corrected chi connectivity index (χ1v) is 8.86. The van der Waals surface area contributed by atoms with Crippen LogP contribution in [0, 0.1) is 5.92 Å². The summed E-state index contributed by atoms with van der Waals surface area (Å²) in [7, 11) is 0. The SMILES string of the molecule is CC(C)C[C@H](N)C(=O)Nc1ccc(C(=O)N2CCCCC2C)cc1.Cl. The minimum Gasteiger partial charge on any atom is -0.336 e. The smallest absolute Gasteiger partial charge is 0.254 e. The summed E-state index contributed by atoms with van der Waals surface area (Å²) in [5.74, 6) is 0.251. The fourth-order valence-corrected chi connectivity index (χ4v) is 3.11. The number of rotatable bonds is 5. The van der Waals surface area contributed by atoms with Gasteiger partial charge >= 0.3 is 0 Å². The molecule has 0 saturated carbocycles. The predicted octanol–water partition coefficient (Wildman–Crippen LogP) is 3.43. The van der Waals surface area contributed by atoms with Gasteiger partial charge in [0.2, 0.25) is 5.91 Å². The summed E-state index contributed by atoms with van der Waals surface area (Å²) in [5, 5.41) is 2.81. The van der Waals surface area contributed by atoms with Crippen LogP contribution in [0.1, 0.15) is 56.8 Å². The highest BCUT2D eigenvalue weighted by Gasteiger charge is 2.24. The van der Waals surface area contributed by atoms with E-state index in [1.807, 2.05) is 18.7 Å². The van der Waals surface area contributed by atoms with E-state index in [4.69, 9.17) is 5.73 Å². The molecule has 2 amide bonds. The second-order valence-electron chi connectivity index (χ2n) is 7.15. The molecule has 1 unspecified atom stereocenters. The van der Waals surface area contributed by atoms with E-state index in [-0.39, 0.29) is 24.2 Å². The third-order valence-electron chi connectivity index (χ3n) is 4.53. The number of amides is 2. The van der Waals surface area contributed by atoms with Crippen LogP contribution in [0.25, 0.3) is 0 Å². The number of benzene rings is 1. The molecule has 1 aromatic carbocycles. The largest absolute Gasteiger partial charge is 0.336 e. The van der Waals surface area contributed by atoms with Gasteiger partial charge in [-0.1, -0.05) is 13.8 Å². The number of nitrogens with two attached hydrogens (primary N) is 1. The number of carbonyl (C=O) groups is 2. The highest BCUT2D eigenvalue weighted by molar-refractivity contribution is 5.97. The molecule has 0 radical (unpaired) electrons. The maximum atomic E-state index is 12.6. The molecule has 5 nitrogen and oxygen atoms in total. The number of likely N-dealkylation sites (tertiary alicyclic amines) is 1. The summed E-state index contributed by atoms with van der Waals surface area (Å²) in [4.78, 5) is 26.6. The number of halogens is 1. The summed E-state index contributed by atoms with van der Waals surface area (Å²) < 4.78 is 0. The number of carbonyl (C=O) groups excluding carboxylic acids is 2. The van der Waals surface area contributed by atoms with Gasteiger partial charge in [0.25, 0.3) is 5.91 Å². The van der Waals surface area contributed by atoms with Crippen LogP contribution in [-0.2, 0) is 4.79 Å². The van der Waals surface area contributed by atoms with Crippen molar-refractivity contribution in [3.05, 3.63) is 29.8 Å². The Bertz CT molecular complexity index is 575. The molecule has 6 heteroatoms. The average molecular weight is 368 g/mol. The van der Waals surface area contributed by atoms with Gasteiger partial charge in [0.1, 0.15) is 0 Å². The second kappa shape index (κ2) is 9.78. The van der Waals surface area contributed by atoms with E-state index < -0.39 is 6.04 Å². The molecule has 0 aliphatic carbocycles. The zero-order chi connectivity index (χ0) is 17.7. The number of nitrogens with zero attached hydrogens (tertiary/aromatic N) is 1. The van der Waals surface area contributed by atoms with E-state index >= 15 is 0 Å². The van der Waals surface area contributed by atoms with Crippen molar-refractivity contribution < 1.29 is 9.59 Å². The lowest BCUT2D eigenvalue weighted by Crippen LogP contribution is -2.42. The number of hydrogen-bond acceptors (Lipinski definition) is 3.